The number of sulfonamides is 1. The summed E-state index contributed by atoms with van der Waals surface area (Å²) in [5, 5.41) is 3.21. The number of amidine groups is 1. The molecule has 1 heterocycles. The van der Waals surface area contributed by atoms with Gasteiger partial charge in [-0.3, -0.25) is 0 Å². The number of fused-ring (bicyclic) bond motifs is 1. The molecule has 96 valence electrons. The van der Waals surface area contributed by atoms with Crippen molar-refractivity contribution in [3.63, 3.8) is 0 Å². The number of hydrogen-bond acceptors (Lipinski definition) is 4. The lowest BCUT2D eigenvalue weighted by atomic mass is 10.3. The molecule has 1 aromatic carbocycles. The predicted octanol–water partition coefficient (Wildman–Crippen LogP) is 2.24. The van der Waals surface area contributed by atoms with Gasteiger partial charge in [0.25, 0.3) is 10.0 Å². The highest BCUT2D eigenvalue weighted by molar-refractivity contribution is 7.90. The second-order valence-corrected chi connectivity index (χ2v) is 6.40. The summed E-state index contributed by atoms with van der Waals surface area (Å²) >= 11 is 5.78. The third-order valence-corrected chi connectivity index (χ3v) is 4.35. The Labute approximate surface area is 110 Å². The van der Waals surface area contributed by atoms with Crippen molar-refractivity contribution in [3.8, 4) is 0 Å². The van der Waals surface area contributed by atoms with Crippen molar-refractivity contribution in [1.82, 2.24) is 0 Å². The third-order valence-electron chi connectivity index (χ3n) is 2.82. The average molecular weight is 287 g/mol. The molecule has 1 N–H and O–H groups in total. The molecular formula is C11H11ClN2O3S. The van der Waals surface area contributed by atoms with Gasteiger partial charge in [-0.25, -0.2) is 0 Å². The van der Waals surface area contributed by atoms with Gasteiger partial charge in [0.15, 0.2) is 0 Å². The maximum Gasteiger partial charge on any atom is 0.305 e. The molecule has 3 rings (SSSR count). The molecule has 1 aliphatic carbocycles. The lowest BCUT2D eigenvalue weighted by molar-refractivity contribution is 0.286. The maximum atomic E-state index is 11.9. The molecule has 0 unspecified atom stereocenters. The van der Waals surface area contributed by atoms with E-state index >= 15 is 0 Å². The topological polar surface area (TPSA) is 67.8 Å². The largest absolute Gasteiger partial charge is 0.464 e. The number of benzene rings is 1. The summed E-state index contributed by atoms with van der Waals surface area (Å²) in [6, 6.07) is 4.63. The Morgan fingerprint density at radius 1 is 1.44 bits per heavy atom. The van der Waals surface area contributed by atoms with Gasteiger partial charge in [-0.2, -0.15) is 8.42 Å². The number of hydrogen-bond donors (Lipinski definition) is 1. The van der Waals surface area contributed by atoms with E-state index in [0.29, 0.717) is 23.2 Å². The van der Waals surface area contributed by atoms with E-state index in [1.54, 1.807) is 12.1 Å². The monoisotopic (exact) mass is 286 g/mol. The molecule has 1 saturated carbocycles. The summed E-state index contributed by atoms with van der Waals surface area (Å²) in [4.78, 5) is 0.0776. The summed E-state index contributed by atoms with van der Waals surface area (Å²) in [6.07, 6.45) is 2.26. The van der Waals surface area contributed by atoms with Gasteiger partial charge in [0.1, 0.15) is 4.90 Å². The first kappa shape index (κ1) is 11.8. The zero-order chi connectivity index (χ0) is 12.8. The zero-order valence-electron chi connectivity index (χ0n) is 9.39. The fourth-order valence-corrected chi connectivity index (χ4v) is 2.98. The Kier molecular flexibility index (Phi) is 2.71. The summed E-state index contributed by atoms with van der Waals surface area (Å²) in [5.74, 6) is 0.531. The van der Waals surface area contributed by atoms with Crippen molar-refractivity contribution in [2.75, 3.05) is 11.9 Å². The quantitative estimate of drug-likeness (QED) is 0.905. The van der Waals surface area contributed by atoms with Crippen molar-refractivity contribution < 1.29 is 13.2 Å². The lowest BCUT2D eigenvalue weighted by Gasteiger charge is -2.18. The highest BCUT2D eigenvalue weighted by Crippen LogP contribution is 2.32. The van der Waals surface area contributed by atoms with Gasteiger partial charge in [-0.1, -0.05) is 11.6 Å². The first-order valence-corrected chi connectivity index (χ1v) is 7.41. The molecule has 0 aromatic heterocycles. The zero-order valence-corrected chi connectivity index (χ0v) is 11.0. The highest BCUT2D eigenvalue weighted by Gasteiger charge is 2.28. The molecule has 0 bridgehead atoms. The predicted molar refractivity (Wildman–Crippen MR) is 68.4 cm³/mol. The summed E-state index contributed by atoms with van der Waals surface area (Å²) in [5.41, 5.74) is 0.445. The second-order valence-electron chi connectivity index (χ2n) is 4.39. The molecule has 0 atom stereocenters. The number of halogens is 1. The lowest BCUT2D eigenvalue weighted by Crippen LogP contribution is -2.24. The van der Waals surface area contributed by atoms with Gasteiger partial charge in [-0.15, -0.1) is 4.40 Å². The van der Waals surface area contributed by atoms with Crippen molar-refractivity contribution in [1.29, 1.82) is 0 Å². The molecule has 1 aliphatic heterocycles. The van der Waals surface area contributed by atoms with Crippen molar-refractivity contribution in [2.45, 2.75) is 17.7 Å². The van der Waals surface area contributed by atoms with E-state index in [4.69, 9.17) is 16.3 Å². The molecule has 7 heteroatoms. The van der Waals surface area contributed by atoms with Crippen LogP contribution >= 0.6 is 11.6 Å². The van der Waals surface area contributed by atoms with E-state index in [0.717, 1.165) is 12.8 Å². The van der Waals surface area contributed by atoms with Crippen molar-refractivity contribution in [2.24, 2.45) is 10.3 Å². The van der Waals surface area contributed by atoms with Gasteiger partial charge in [0, 0.05) is 5.02 Å². The van der Waals surface area contributed by atoms with E-state index in [9.17, 15) is 8.42 Å². The van der Waals surface area contributed by atoms with E-state index < -0.39 is 10.0 Å². The van der Waals surface area contributed by atoms with Crippen LogP contribution in [0.3, 0.4) is 0 Å². The molecular weight excluding hydrogens is 276 g/mol. The van der Waals surface area contributed by atoms with Crippen LogP contribution in [-0.4, -0.2) is 21.0 Å². The standard InChI is InChI=1S/C11H11ClN2O3S/c12-8-3-4-9-10(5-8)18(15,16)14-11(13-9)17-6-7-1-2-7/h3-5,7H,1-2,6H2,(H,13,14). The van der Waals surface area contributed by atoms with Crippen LogP contribution in [0.4, 0.5) is 5.69 Å². The van der Waals surface area contributed by atoms with Crippen molar-refractivity contribution in [3.05, 3.63) is 23.2 Å². The van der Waals surface area contributed by atoms with Crippen LogP contribution in [0.2, 0.25) is 5.02 Å². The smallest absolute Gasteiger partial charge is 0.305 e. The normalized spacial score (nSPS) is 20.6. The van der Waals surface area contributed by atoms with Crippen LogP contribution in [0.15, 0.2) is 27.5 Å². The Hall–Kier alpha value is -1.27. The fourth-order valence-electron chi connectivity index (χ4n) is 1.65. The number of nitrogens with zero attached hydrogens (tertiary/aromatic N) is 1. The van der Waals surface area contributed by atoms with E-state index in [-0.39, 0.29) is 10.9 Å². The third kappa shape index (κ3) is 2.30. The van der Waals surface area contributed by atoms with Crippen LogP contribution in [0.1, 0.15) is 12.8 Å². The van der Waals surface area contributed by atoms with E-state index in [2.05, 4.69) is 9.71 Å². The fraction of sp³-hybridized carbons (Fsp3) is 0.364. The maximum absolute atomic E-state index is 11.9. The molecule has 0 saturated heterocycles. The Morgan fingerprint density at radius 3 is 2.94 bits per heavy atom. The van der Waals surface area contributed by atoms with Gasteiger partial charge < -0.3 is 10.1 Å². The minimum absolute atomic E-state index is 0.0386. The number of nitrogens with one attached hydrogen (secondary N) is 1. The molecule has 18 heavy (non-hydrogen) atoms. The molecule has 0 radical (unpaired) electrons. The first-order chi connectivity index (χ1) is 8.54. The van der Waals surface area contributed by atoms with Crippen LogP contribution in [0, 0.1) is 5.92 Å². The summed E-state index contributed by atoms with van der Waals surface area (Å²) < 4.78 is 32.8. The number of anilines is 1. The average Bonchev–Trinajstić information content (AvgIpc) is 3.11. The minimum atomic E-state index is -3.73. The minimum Gasteiger partial charge on any atom is -0.464 e. The van der Waals surface area contributed by atoms with Gasteiger partial charge in [0.2, 0.25) is 0 Å². The summed E-state index contributed by atoms with van der Waals surface area (Å²) in [7, 11) is -3.73. The highest BCUT2D eigenvalue weighted by atomic mass is 35.5. The Morgan fingerprint density at radius 2 is 2.22 bits per heavy atom. The Balaban J connectivity index is 1.90. The molecule has 2 aliphatic rings. The van der Waals surface area contributed by atoms with Gasteiger partial charge in [-0.05, 0) is 37.0 Å². The van der Waals surface area contributed by atoms with Crippen LogP contribution in [0.5, 0.6) is 0 Å². The first-order valence-electron chi connectivity index (χ1n) is 5.59. The number of rotatable bonds is 2. The van der Waals surface area contributed by atoms with Crippen molar-refractivity contribution >= 4 is 33.3 Å². The van der Waals surface area contributed by atoms with Crippen LogP contribution in [-0.2, 0) is 14.8 Å². The van der Waals surface area contributed by atoms with Gasteiger partial charge >= 0.3 is 6.02 Å². The second kappa shape index (κ2) is 4.13. The Bertz CT molecular complexity index is 623. The molecule has 5 nitrogen and oxygen atoms in total. The molecule has 1 aromatic rings. The van der Waals surface area contributed by atoms with Gasteiger partial charge in [0.05, 0.1) is 12.3 Å². The number of ether oxygens (including phenoxy) is 1. The SMILES string of the molecule is O=S1(=O)N=C(OCC2CC2)Nc2ccc(Cl)cc21. The molecule has 0 spiro atoms. The van der Waals surface area contributed by atoms with Crippen LogP contribution < -0.4 is 5.32 Å². The van der Waals surface area contributed by atoms with E-state index in [1.807, 2.05) is 0 Å². The van der Waals surface area contributed by atoms with Crippen LogP contribution in [0.25, 0.3) is 0 Å². The van der Waals surface area contributed by atoms with E-state index in [1.165, 1.54) is 6.07 Å². The molecule has 0 amide bonds. The summed E-state index contributed by atoms with van der Waals surface area (Å²) in [6.45, 7) is 0.504. The molecule has 1 fully saturated rings.